The molecule has 2 fully saturated rings. The van der Waals surface area contributed by atoms with Gasteiger partial charge in [-0.1, -0.05) is 69.0 Å². The van der Waals surface area contributed by atoms with Gasteiger partial charge in [-0.2, -0.15) is 8.78 Å². The Morgan fingerprint density at radius 3 is 1.98 bits per heavy atom. The van der Waals surface area contributed by atoms with E-state index in [-0.39, 0.29) is 30.3 Å². The molecule has 3 aromatic rings. The molecule has 0 aliphatic heterocycles. The molecule has 0 aromatic heterocycles. The van der Waals surface area contributed by atoms with Crippen molar-refractivity contribution in [3.05, 3.63) is 89.5 Å². The van der Waals surface area contributed by atoms with Gasteiger partial charge in [-0.3, -0.25) is 0 Å². The summed E-state index contributed by atoms with van der Waals surface area (Å²) in [6.07, 6.45) is 8.59. The monoisotopic (exact) mass is 566 g/mol. The fourth-order valence-electron chi connectivity index (χ4n) is 6.94. The van der Waals surface area contributed by atoms with Crippen molar-refractivity contribution in [2.24, 2.45) is 11.8 Å². The van der Waals surface area contributed by atoms with Crippen LogP contribution in [0, 0.1) is 23.5 Å². The van der Waals surface area contributed by atoms with Crippen molar-refractivity contribution in [1.29, 1.82) is 0 Å². The molecule has 0 heterocycles. The van der Waals surface area contributed by atoms with E-state index in [4.69, 9.17) is 4.74 Å². The first-order valence-corrected chi connectivity index (χ1v) is 15.5. The highest BCUT2D eigenvalue weighted by molar-refractivity contribution is 5.64. The molecule has 0 unspecified atom stereocenters. The van der Waals surface area contributed by atoms with Gasteiger partial charge in [0, 0.05) is 0 Å². The molecule has 5 heteroatoms. The average Bonchev–Trinajstić information content (AvgIpc) is 2.99. The lowest BCUT2D eigenvalue weighted by Crippen LogP contribution is -2.37. The molecule has 2 saturated carbocycles. The quantitative estimate of drug-likeness (QED) is 0.175. The summed E-state index contributed by atoms with van der Waals surface area (Å²) in [6, 6.07) is 18.6. The predicted octanol–water partition coefficient (Wildman–Crippen LogP) is 11.4. The highest BCUT2D eigenvalue weighted by Crippen LogP contribution is 2.44. The number of hydrogen-bond acceptors (Lipinski definition) is 1. The van der Waals surface area contributed by atoms with Gasteiger partial charge in [-0.15, -0.1) is 0 Å². The molecule has 2 aliphatic carbocycles. The van der Waals surface area contributed by atoms with E-state index in [2.05, 4.69) is 31.2 Å². The Morgan fingerprint density at radius 2 is 1.34 bits per heavy atom. The lowest BCUT2D eigenvalue weighted by atomic mass is 9.77. The minimum absolute atomic E-state index is 0.0571. The average molecular weight is 567 g/mol. The fraction of sp³-hybridized carbons (Fsp3) is 0.500. The minimum Gasteiger partial charge on any atom is -0.432 e. The van der Waals surface area contributed by atoms with Gasteiger partial charge in [-0.05, 0) is 122 Å². The van der Waals surface area contributed by atoms with Crippen LogP contribution in [0.25, 0.3) is 11.1 Å². The molecular formula is C36H42F4O. The van der Waals surface area contributed by atoms with Gasteiger partial charge in [0.2, 0.25) is 0 Å². The second-order valence-corrected chi connectivity index (χ2v) is 12.2. The number of benzene rings is 3. The van der Waals surface area contributed by atoms with Crippen LogP contribution in [0.1, 0.15) is 107 Å². The molecule has 3 aromatic carbocycles. The zero-order chi connectivity index (χ0) is 28.8. The molecule has 0 N–H and O–H groups in total. The summed E-state index contributed by atoms with van der Waals surface area (Å²) < 4.78 is 62.9. The van der Waals surface area contributed by atoms with E-state index >= 15 is 4.39 Å². The maximum Gasteiger partial charge on any atom is 0.400 e. The van der Waals surface area contributed by atoms with Crippen molar-refractivity contribution in [3.63, 3.8) is 0 Å². The van der Waals surface area contributed by atoms with E-state index in [1.54, 1.807) is 6.07 Å². The standard InChI is InChI=1S/C36H42F4O/c1-2-3-4-5-25-6-8-26(9-7-25)27-10-12-28(13-11-27)30-16-23-34(35(38)24-30)29-14-17-31(18-15-29)36(39,40)41-33-21-19-32(37)20-22-33/h10-13,16,19-26,29,31H,2-9,14-15,17-18H2,1H3. The highest BCUT2D eigenvalue weighted by atomic mass is 19.3. The van der Waals surface area contributed by atoms with Gasteiger partial charge in [0.1, 0.15) is 17.4 Å². The number of hydrogen-bond donors (Lipinski definition) is 0. The van der Waals surface area contributed by atoms with Crippen LogP contribution in [-0.2, 0) is 0 Å². The Labute approximate surface area is 242 Å². The lowest BCUT2D eigenvalue weighted by Gasteiger charge is -2.33. The number of halogens is 4. The maximum absolute atomic E-state index is 15.3. The molecule has 1 nitrogen and oxygen atoms in total. The van der Waals surface area contributed by atoms with Crippen molar-refractivity contribution in [2.45, 2.75) is 102 Å². The van der Waals surface area contributed by atoms with Gasteiger partial charge >= 0.3 is 6.11 Å². The fourth-order valence-corrected chi connectivity index (χ4v) is 6.94. The molecule has 2 aliphatic rings. The van der Waals surface area contributed by atoms with E-state index in [0.29, 0.717) is 24.3 Å². The Kier molecular flexibility index (Phi) is 9.72. The van der Waals surface area contributed by atoms with E-state index in [9.17, 15) is 13.2 Å². The van der Waals surface area contributed by atoms with Crippen LogP contribution in [-0.4, -0.2) is 6.11 Å². The number of rotatable bonds is 10. The molecular weight excluding hydrogens is 524 g/mol. The van der Waals surface area contributed by atoms with E-state index in [1.807, 2.05) is 12.1 Å². The van der Waals surface area contributed by atoms with Gasteiger partial charge in [0.15, 0.2) is 0 Å². The van der Waals surface area contributed by atoms with Crippen molar-refractivity contribution >= 4 is 0 Å². The van der Waals surface area contributed by atoms with Crippen molar-refractivity contribution in [2.75, 3.05) is 0 Å². The molecule has 0 radical (unpaired) electrons. The van der Waals surface area contributed by atoms with Crippen LogP contribution in [0.4, 0.5) is 17.6 Å². The third kappa shape index (κ3) is 7.53. The molecule has 220 valence electrons. The molecule has 0 bridgehead atoms. The third-order valence-electron chi connectivity index (χ3n) is 9.49. The molecule has 0 amide bonds. The van der Waals surface area contributed by atoms with Crippen molar-refractivity contribution in [3.8, 4) is 16.9 Å². The summed E-state index contributed by atoms with van der Waals surface area (Å²) in [7, 11) is 0. The van der Waals surface area contributed by atoms with Gasteiger partial charge in [0.25, 0.3) is 0 Å². The third-order valence-corrected chi connectivity index (χ3v) is 9.49. The van der Waals surface area contributed by atoms with Gasteiger partial charge in [-0.25, -0.2) is 8.78 Å². The highest BCUT2D eigenvalue weighted by Gasteiger charge is 2.44. The van der Waals surface area contributed by atoms with Crippen LogP contribution >= 0.6 is 0 Å². The second-order valence-electron chi connectivity index (χ2n) is 12.2. The topological polar surface area (TPSA) is 9.23 Å². The van der Waals surface area contributed by atoms with Gasteiger partial charge < -0.3 is 4.74 Å². The van der Waals surface area contributed by atoms with Crippen LogP contribution in [0.2, 0.25) is 0 Å². The molecule has 0 saturated heterocycles. The van der Waals surface area contributed by atoms with Crippen LogP contribution in [0.5, 0.6) is 5.75 Å². The first-order valence-electron chi connectivity index (χ1n) is 15.5. The zero-order valence-corrected chi connectivity index (χ0v) is 24.1. The second kappa shape index (κ2) is 13.4. The number of unbranched alkanes of at least 4 members (excludes halogenated alkanes) is 2. The first-order chi connectivity index (χ1) is 19.8. The maximum atomic E-state index is 15.3. The first kappa shape index (κ1) is 29.7. The van der Waals surface area contributed by atoms with Crippen molar-refractivity contribution in [1.82, 2.24) is 0 Å². The van der Waals surface area contributed by atoms with E-state index in [0.717, 1.165) is 29.2 Å². The summed E-state index contributed by atoms with van der Waals surface area (Å²) >= 11 is 0. The minimum atomic E-state index is -3.36. The summed E-state index contributed by atoms with van der Waals surface area (Å²) in [5.74, 6) is -0.378. The lowest BCUT2D eigenvalue weighted by molar-refractivity contribution is -0.222. The van der Waals surface area contributed by atoms with Crippen LogP contribution < -0.4 is 4.74 Å². The molecule has 5 rings (SSSR count). The molecule has 41 heavy (non-hydrogen) atoms. The summed E-state index contributed by atoms with van der Waals surface area (Å²) in [5.41, 5.74) is 3.82. The SMILES string of the molecule is CCCCCC1CCC(c2ccc(-c3ccc(C4CCC(C(F)(F)Oc5ccc(F)cc5)CC4)c(F)c3)cc2)CC1. The molecule has 0 spiro atoms. The van der Waals surface area contributed by atoms with Gasteiger partial charge in [0.05, 0.1) is 5.92 Å². The summed E-state index contributed by atoms with van der Waals surface area (Å²) in [6.45, 7) is 2.26. The van der Waals surface area contributed by atoms with E-state index < -0.39 is 17.8 Å². The van der Waals surface area contributed by atoms with Crippen LogP contribution in [0.3, 0.4) is 0 Å². The normalized spacial score (nSPS) is 23.3. The zero-order valence-electron chi connectivity index (χ0n) is 24.1. The Morgan fingerprint density at radius 1 is 0.707 bits per heavy atom. The summed E-state index contributed by atoms with van der Waals surface area (Å²) in [5, 5.41) is 0. The van der Waals surface area contributed by atoms with Crippen LogP contribution in [0.15, 0.2) is 66.7 Å². The smallest absolute Gasteiger partial charge is 0.400 e. The number of ether oxygens (including phenoxy) is 1. The Bertz CT molecular complexity index is 1240. The largest absolute Gasteiger partial charge is 0.432 e. The summed E-state index contributed by atoms with van der Waals surface area (Å²) in [4.78, 5) is 0. The predicted molar refractivity (Wildman–Crippen MR) is 157 cm³/mol. The van der Waals surface area contributed by atoms with E-state index in [1.165, 1.54) is 69.1 Å². The Hall–Kier alpha value is -2.82. The number of alkyl halides is 2. The van der Waals surface area contributed by atoms with Crippen molar-refractivity contribution < 1.29 is 22.3 Å². The Balaban J connectivity index is 1.15. The molecule has 0 atom stereocenters.